The first kappa shape index (κ1) is 19.2. The van der Waals surface area contributed by atoms with Gasteiger partial charge in [-0.05, 0) is 43.5 Å². The number of halogens is 3. The van der Waals surface area contributed by atoms with Crippen LogP contribution >= 0.6 is 0 Å². The first-order valence-corrected chi connectivity index (χ1v) is 8.34. The molecule has 2 atom stereocenters. The van der Waals surface area contributed by atoms with Crippen molar-refractivity contribution in [3.8, 4) is 5.75 Å². The summed E-state index contributed by atoms with van der Waals surface area (Å²) in [5, 5.41) is 16.2. The fourth-order valence-electron chi connectivity index (χ4n) is 3.37. The first-order chi connectivity index (χ1) is 12.7. The molecule has 1 aromatic carbocycles. The Kier molecular flexibility index (Phi) is 4.85. The van der Waals surface area contributed by atoms with Crippen molar-refractivity contribution in [3.63, 3.8) is 0 Å². The van der Waals surface area contributed by atoms with Gasteiger partial charge in [0.25, 0.3) is 5.72 Å². The zero-order valence-corrected chi connectivity index (χ0v) is 14.4. The Morgan fingerprint density at radius 2 is 1.96 bits per heavy atom. The normalized spacial score (nSPS) is 24.9. The van der Waals surface area contributed by atoms with Gasteiger partial charge in [-0.15, -0.1) is 0 Å². The van der Waals surface area contributed by atoms with Crippen molar-refractivity contribution >= 4 is 23.2 Å². The predicted octanol–water partition coefficient (Wildman–Crippen LogP) is 2.27. The van der Waals surface area contributed by atoms with E-state index >= 15 is 0 Å². The molecule has 1 saturated carbocycles. The van der Waals surface area contributed by atoms with Crippen LogP contribution in [-0.4, -0.2) is 46.7 Å². The maximum atomic E-state index is 13.6. The van der Waals surface area contributed by atoms with Crippen LogP contribution in [-0.2, 0) is 9.59 Å². The zero-order valence-electron chi connectivity index (χ0n) is 14.4. The number of anilines is 1. The van der Waals surface area contributed by atoms with Crippen LogP contribution < -0.4 is 10.1 Å². The van der Waals surface area contributed by atoms with Gasteiger partial charge in [-0.25, -0.2) is 0 Å². The number of carbonyl (C=O) groups is 2. The molecule has 7 nitrogen and oxygen atoms in total. The molecule has 1 aromatic rings. The lowest BCUT2D eigenvalue weighted by Gasteiger charge is -2.37. The number of fused-ring (bicyclic) bond motifs is 1. The highest BCUT2D eigenvalue weighted by atomic mass is 19.4. The van der Waals surface area contributed by atoms with Crippen molar-refractivity contribution in [1.29, 1.82) is 0 Å². The lowest BCUT2D eigenvalue weighted by molar-refractivity contribution is -0.316. The molecule has 27 heavy (non-hydrogen) atoms. The summed E-state index contributed by atoms with van der Waals surface area (Å²) in [5.41, 5.74) is -3.24. The fourth-order valence-corrected chi connectivity index (χ4v) is 3.37. The molecule has 1 aliphatic carbocycles. The van der Waals surface area contributed by atoms with Gasteiger partial charge < -0.3 is 15.2 Å². The van der Waals surface area contributed by atoms with Crippen LogP contribution in [0, 0.1) is 5.92 Å². The molecule has 1 fully saturated rings. The van der Waals surface area contributed by atoms with Crippen LogP contribution in [0.5, 0.6) is 5.75 Å². The molecule has 146 valence electrons. The fraction of sp³-hybridized carbons (Fsp3) is 0.471. The van der Waals surface area contributed by atoms with Crippen molar-refractivity contribution < 1.29 is 32.6 Å². The quantitative estimate of drug-likeness (QED) is 0.764. The van der Waals surface area contributed by atoms with E-state index < -0.39 is 29.6 Å². The summed E-state index contributed by atoms with van der Waals surface area (Å²) in [7, 11) is 1.45. The van der Waals surface area contributed by atoms with Gasteiger partial charge in [0.2, 0.25) is 0 Å². The van der Waals surface area contributed by atoms with Crippen molar-refractivity contribution in [3.05, 3.63) is 24.3 Å². The Morgan fingerprint density at radius 1 is 1.30 bits per heavy atom. The number of hydrazone groups is 1. The van der Waals surface area contributed by atoms with E-state index in [1.54, 1.807) is 0 Å². The van der Waals surface area contributed by atoms with Gasteiger partial charge in [0.15, 0.2) is 0 Å². The van der Waals surface area contributed by atoms with E-state index in [4.69, 9.17) is 4.74 Å². The molecule has 1 heterocycles. The van der Waals surface area contributed by atoms with Crippen LogP contribution in [0.4, 0.5) is 18.9 Å². The van der Waals surface area contributed by atoms with E-state index in [2.05, 4.69) is 10.4 Å². The SMILES string of the molecule is COc1ccc(NC(=O)C(=O)N2N=C3CCCC[C@H]3[C@]2(O)C(F)(F)F)cc1. The third kappa shape index (κ3) is 3.25. The summed E-state index contributed by atoms with van der Waals surface area (Å²) in [4.78, 5) is 24.6. The highest BCUT2D eigenvalue weighted by molar-refractivity contribution is 6.39. The zero-order chi connectivity index (χ0) is 19.8. The molecule has 0 saturated heterocycles. The van der Waals surface area contributed by atoms with Crippen LogP contribution in [0.15, 0.2) is 29.4 Å². The molecule has 0 bridgehead atoms. The average Bonchev–Trinajstić information content (AvgIpc) is 2.96. The lowest BCUT2D eigenvalue weighted by Crippen LogP contribution is -2.62. The molecule has 0 aromatic heterocycles. The molecule has 2 N–H and O–H groups in total. The molecule has 0 unspecified atom stereocenters. The summed E-state index contributed by atoms with van der Waals surface area (Å²) in [6, 6.07) is 5.87. The molecule has 1 aliphatic heterocycles. The lowest BCUT2D eigenvalue weighted by atomic mass is 9.80. The van der Waals surface area contributed by atoms with Gasteiger partial charge in [0.1, 0.15) is 5.75 Å². The Balaban J connectivity index is 1.84. The number of hydrogen-bond donors (Lipinski definition) is 2. The van der Waals surface area contributed by atoms with Gasteiger partial charge in [-0.3, -0.25) is 9.59 Å². The smallest absolute Gasteiger partial charge is 0.439 e. The summed E-state index contributed by atoms with van der Waals surface area (Å²) in [6.45, 7) is 0. The van der Waals surface area contributed by atoms with Crippen LogP contribution in [0.1, 0.15) is 25.7 Å². The monoisotopic (exact) mass is 385 g/mol. The predicted molar refractivity (Wildman–Crippen MR) is 88.9 cm³/mol. The van der Waals surface area contributed by atoms with E-state index in [-0.39, 0.29) is 29.2 Å². The van der Waals surface area contributed by atoms with E-state index in [0.29, 0.717) is 18.6 Å². The number of aliphatic hydroxyl groups is 1. The number of benzene rings is 1. The van der Waals surface area contributed by atoms with E-state index in [0.717, 1.165) is 0 Å². The summed E-state index contributed by atoms with van der Waals surface area (Å²) in [6.07, 6.45) is -3.78. The molecular weight excluding hydrogens is 367 g/mol. The average molecular weight is 385 g/mol. The molecule has 0 radical (unpaired) electrons. The molecule has 2 amide bonds. The van der Waals surface area contributed by atoms with Crippen LogP contribution in [0.3, 0.4) is 0 Å². The molecule has 3 rings (SSSR count). The van der Waals surface area contributed by atoms with E-state index in [9.17, 15) is 27.9 Å². The highest BCUT2D eigenvalue weighted by Crippen LogP contribution is 2.48. The Bertz CT molecular complexity index is 779. The Morgan fingerprint density at radius 3 is 2.56 bits per heavy atom. The van der Waals surface area contributed by atoms with Crippen LogP contribution in [0.25, 0.3) is 0 Å². The molecule has 0 spiro atoms. The maximum absolute atomic E-state index is 13.6. The topological polar surface area (TPSA) is 91.2 Å². The second-order valence-electron chi connectivity index (χ2n) is 6.41. The number of carbonyl (C=O) groups excluding carboxylic acids is 2. The van der Waals surface area contributed by atoms with Crippen LogP contribution in [0.2, 0.25) is 0 Å². The number of nitrogens with one attached hydrogen (secondary N) is 1. The number of nitrogens with zero attached hydrogens (tertiary/aromatic N) is 2. The van der Waals surface area contributed by atoms with Crippen molar-refractivity contribution in [2.75, 3.05) is 12.4 Å². The second kappa shape index (κ2) is 6.84. The summed E-state index contributed by atoms with van der Waals surface area (Å²) < 4.78 is 45.9. The number of hydrogen-bond acceptors (Lipinski definition) is 5. The number of methoxy groups -OCH3 is 1. The van der Waals surface area contributed by atoms with E-state index in [1.165, 1.54) is 31.4 Å². The minimum Gasteiger partial charge on any atom is -0.497 e. The number of rotatable bonds is 2. The molecule has 10 heteroatoms. The first-order valence-electron chi connectivity index (χ1n) is 8.34. The van der Waals surface area contributed by atoms with Gasteiger partial charge in [-0.1, -0.05) is 6.42 Å². The van der Waals surface area contributed by atoms with E-state index in [1.807, 2.05) is 0 Å². The minimum atomic E-state index is -5.16. The molecular formula is C17H18F3N3O4. The minimum absolute atomic E-state index is 0.0404. The van der Waals surface area contributed by atoms with Crippen molar-refractivity contribution in [2.24, 2.45) is 11.0 Å². The third-order valence-corrected chi connectivity index (χ3v) is 4.77. The third-order valence-electron chi connectivity index (χ3n) is 4.77. The van der Waals surface area contributed by atoms with Gasteiger partial charge >= 0.3 is 18.0 Å². The van der Waals surface area contributed by atoms with Crippen molar-refractivity contribution in [1.82, 2.24) is 5.01 Å². The Labute approximate surface area is 152 Å². The number of ether oxygens (including phenoxy) is 1. The number of amides is 2. The standard InChI is InChI=1S/C17H18F3N3O4/c1-27-11-8-6-10(7-9-11)21-14(24)15(25)23-16(26,17(18,19)20)12-4-2-3-5-13(12)22-23/h6-9,12,26H,2-5H2,1H3,(H,21,24)/t12-,16+/m1/s1. The summed E-state index contributed by atoms with van der Waals surface area (Å²) in [5.74, 6) is -3.76. The Hall–Kier alpha value is -2.62. The largest absolute Gasteiger partial charge is 0.497 e. The molecule has 2 aliphatic rings. The second-order valence-corrected chi connectivity index (χ2v) is 6.41. The summed E-state index contributed by atoms with van der Waals surface area (Å²) >= 11 is 0. The van der Waals surface area contributed by atoms with Gasteiger partial charge in [-0.2, -0.15) is 23.3 Å². The maximum Gasteiger partial charge on any atom is 0.439 e. The van der Waals surface area contributed by atoms with Crippen molar-refractivity contribution in [2.45, 2.75) is 37.6 Å². The van der Waals surface area contributed by atoms with Gasteiger partial charge in [0.05, 0.1) is 13.0 Å². The van der Waals surface area contributed by atoms with Gasteiger partial charge in [0, 0.05) is 11.4 Å². The highest BCUT2D eigenvalue weighted by Gasteiger charge is 2.69. The number of alkyl halides is 3.